The van der Waals surface area contributed by atoms with Crippen LogP contribution in [-0.4, -0.2) is 31.9 Å². The molecule has 1 fully saturated rings. The average molecular weight is 237 g/mol. The van der Waals surface area contributed by atoms with Crippen LogP contribution in [0.15, 0.2) is 24.3 Å². The Labute approximate surface area is 99.5 Å². The number of carbonyl (C=O) groups is 1. The van der Waals surface area contributed by atoms with Gasteiger partial charge in [0.1, 0.15) is 11.9 Å². The lowest BCUT2D eigenvalue weighted by Gasteiger charge is -2.25. The van der Waals surface area contributed by atoms with E-state index in [0.717, 1.165) is 0 Å². The molecule has 0 amide bonds. The molecule has 2 N–H and O–H groups in total. The number of hydrogen-bond donors (Lipinski definition) is 1. The molecule has 1 saturated heterocycles. The van der Waals surface area contributed by atoms with Crippen LogP contribution < -0.4 is 10.5 Å². The topological polar surface area (TPSA) is 70.8 Å². The number of benzene rings is 1. The fourth-order valence-corrected chi connectivity index (χ4v) is 1.38. The number of anilines is 1. The van der Waals surface area contributed by atoms with Crippen molar-refractivity contribution in [1.82, 2.24) is 0 Å². The summed E-state index contributed by atoms with van der Waals surface area (Å²) in [4.78, 5) is 11.3. The van der Waals surface area contributed by atoms with Gasteiger partial charge in [0.15, 0.2) is 0 Å². The molecule has 17 heavy (non-hydrogen) atoms. The molecule has 0 aliphatic carbocycles. The summed E-state index contributed by atoms with van der Waals surface area (Å²) < 4.78 is 15.4. The molecule has 1 aromatic carbocycles. The van der Waals surface area contributed by atoms with Gasteiger partial charge in [-0.25, -0.2) is 0 Å². The lowest BCUT2D eigenvalue weighted by Crippen LogP contribution is -2.38. The Morgan fingerprint density at radius 1 is 1.47 bits per heavy atom. The van der Waals surface area contributed by atoms with Crippen LogP contribution >= 0.6 is 0 Å². The fourth-order valence-electron chi connectivity index (χ4n) is 1.38. The number of carbonyl (C=O) groups excluding carboxylic acids is 1. The van der Waals surface area contributed by atoms with Gasteiger partial charge >= 0.3 is 5.97 Å². The van der Waals surface area contributed by atoms with Crippen molar-refractivity contribution in [2.45, 2.75) is 12.5 Å². The highest BCUT2D eigenvalue weighted by atomic mass is 16.6. The van der Waals surface area contributed by atoms with Crippen molar-refractivity contribution in [3.63, 3.8) is 0 Å². The van der Waals surface area contributed by atoms with E-state index in [1.165, 1.54) is 0 Å². The third-order valence-corrected chi connectivity index (χ3v) is 2.34. The van der Waals surface area contributed by atoms with E-state index in [-0.39, 0.29) is 25.1 Å². The fraction of sp³-hybridized carbons (Fsp3) is 0.417. The van der Waals surface area contributed by atoms with Crippen LogP contribution in [0.2, 0.25) is 0 Å². The van der Waals surface area contributed by atoms with Crippen LogP contribution in [0.1, 0.15) is 6.42 Å². The molecule has 1 heterocycles. The standard InChI is InChI=1S/C12H15NO4/c13-9-2-1-3-10(6-9)16-5-4-12(14)17-11-7-15-8-11/h1-3,6,11H,4-5,7-8,13H2. The number of nitrogens with two attached hydrogens (primary N) is 1. The average Bonchev–Trinajstić information content (AvgIpc) is 2.24. The summed E-state index contributed by atoms with van der Waals surface area (Å²) >= 11 is 0. The van der Waals surface area contributed by atoms with E-state index in [2.05, 4.69) is 0 Å². The predicted molar refractivity (Wildman–Crippen MR) is 61.7 cm³/mol. The Balaban J connectivity index is 1.66. The first-order valence-corrected chi connectivity index (χ1v) is 5.49. The number of hydrogen-bond acceptors (Lipinski definition) is 5. The van der Waals surface area contributed by atoms with Crippen LogP contribution in [0.4, 0.5) is 5.69 Å². The molecule has 5 nitrogen and oxygen atoms in total. The monoisotopic (exact) mass is 237 g/mol. The molecule has 0 saturated carbocycles. The van der Waals surface area contributed by atoms with Crippen molar-refractivity contribution in [3.8, 4) is 5.75 Å². The van der Waals surface area contributed by atoms with Gasteiger partial charge in [0.05, 0.1) is 26.2 Å². The summed E-state index contributed by atoms with van der Waals surface area (Å²) in [5.41, 5.74) is 6.23. The molecule has 92 valence electrons. The molecule has 0 spiro atoms. The lowest BCUT2D eigenvalue weighted by molar-refractivity contribution is -0.172. The normalized spacial score (nSPS) is 15.1. The first kappa shape index (κ1) is 11.7. The van der Waals surface area contributed by atoms with E-state index in [4.69, 9.17) is 19.9 Å². The smallest absolute Gasteiger partial charge is 0.309 e. The highest BCUT2D eigenvalue weighted by molar-refractivity contribution is 5.69. The van der Waals surface area contributed by atoms with Crippen molar-refractivity contribution >= 4 is 11.7 Å². The van der Waals surface area contributed by atoms with Crippen LogP contribution in [0.3, 0.4) is 0 Å². The zero-order chi connectivity index (χ0) is 12.1. The highest BCUT2D eigenvalue weighted by Crippen LogP contribution is 2.14. The maximum Gasteiger partial charge on any atom is 0.309 e. The summed E-state index contributed by atoms with van der Waals surface area (Å²) in [5, 5.41) is 0. The molecule has 0 aromatic heterocycles. The van der Waals surface area contributed by atoms with Gasteiger partial charge in [-0.15, -0.1) is 0 Å². The first-order valence-electron chi connectivity index (χ1n) is 5.49. The molecule has 5 heteroatoms. The van der Waals surface area contributed by atoms with Crippen molar-refractivity contribution < 1.29 is 19.0 Å². The van der Waals surface area contributed by atoms with E-state index >= 15 is 0 Å². The SMILES string of the molecule is Nc1cccc(OCCC(=O)OC2COC2)c1. The van der Waals surface area contributed by atoms with E-state index in [9.17, 15) is 4.79 Å². The lowest BCUT2D eigenvalue weighted by atomic mass is 10.3. The Morgan fingerprint density at radius 2 is 2.29 bits per heavy atom. The summed E-state index contributed by atoms with van der Waals surface area (Å²) in [6.07, 6.45) is 0.153. The molecular weight excluding hydrogens is 222 g/mol. The largest absolute Gasteiger partial charge is 0.493 e. The van der Waals surface area contributed by atoms with E-state index in [1.54, 1.807) is 24.3 Å². The first-order chi connectivity index (χ1) is 8.24. The summed E-state index contributed by atoms with van der Waals surface area (Å²) in [6, 6.07) is 7.08. The highest BCUT2D eigenvalue weighted by Gasteiger charge is 2.22. The van der Waals surface area contributed by atoms with Gasteiger partial charge in [-0.2, -0.15) is 0 Å². The van der Waals surface area contributed by atoms with Gasteiger partial charge in [0.25, 0.3) is 0 Å². The summed E-state index contributed by atoms with van der Waals surface area (Å²) in [6.45, 7) is 1.29. The predicted octanol–water partition coefficient (Wildman–Crippen LogP) is 0.980. The van der Waals surface area contributed by atoms with Gasteiger partial charge in [0, 0.05) is 11.8 Å². The van der Waals surface area contributed by atoms with Crippen molar-refractivity contribution in [1.29, 1.82) is 0 Å². The third kappa shape index (κ3) is 3.64. The second-order valence-electron chi connectivity index (χ2n) is 3.82. The Bertz CT molecular complexity index is 390. The maximum absolute atomic E-state index is 11.3. The van der Waals surface area contributed by atoms with Crippen LogP contribution in [-0.2, 0) is 14.3 Å². The van der Waals surface area contributed by atoms with Crippen LogP contribution in [0.5, 0.6) is 5.75 Å². The maximum atomic E-state index is 11.3. The molecular formula is C12H15NO4. The van der Waals surface area contributed by atoms with Gasteiger partial charge in [-0.1, -0.05) is 6.07 Å². The van der Waals surface area contributed by atoms with Crippen LogP contribution in [0.25, 0.3) is 0 Å². The van der Waals surface area contributed by atoms with E-state index in [1.807, 2.05) is 0 Å². The van der Waals surface area contributed by atoms with Gasteiger partial charge < -0.3 is 19.9 Å². The zero-order valence-corrected chi connectivity index (χ0v) is 9.43. The molecule has 0 unspecified atom stereocenters. The number of ether oxygens (including phenoxy) is 3. The van der Waals surface area contributed by atoms with E-state index in [0.29, 0.717) is 24.7 Å². The zero-order valence-electron chi connectivity index (χ0n) is 9.43. The minimum atomic E-state index is -0.262. The molecule has 2 rings (SSSR count). The second-order valence-corrected chi connectivity index (χ2v) is 3.82. The van der Waals surface area contributed by atoms with Crippen molar-refractivity contribution in [2.75, 3.05) is 25.6 Å². The molecule has 1 aliphatic rings. The summed E-state index contributed by atoms with van der Waals surface area (Å²) in [5.74, 6) is 0.395. The number of rotatable bonds is 5. The van der Waals surface area contributed by atoms with Gasteiger partial charge in [-0.3, -0.25) is 4.79 Å². The second kappa shape index (κ2) is 5.54. The van der Waals surface area contributed by atoms with Gasteiger partial charge in [-0.05, 0) is 12.1 Å². The molecule has 0 atom stereocenters. The summed E-state index contributed by atoms with van der Waals surface area (Å²) in [7, 11) is 0. The molecule has 0 bridgehead atoms. The molecule has 1 aromatic rings. The minimum Gasteiger partial charge on any atom is -0.493 e. The molecule has 0 radical (unpaired) electrons. The third-order valence-electron chi connectivity index (χ3n) is 2.34. The quantitative estimate of drug-likeness (QED) is 0.610. The number of esters is 1. The number of nitrogen functional groups attached to an aromatic ring is 1. The Kier molecular flexibility index (Phi) is 3.82. The Morgan fingerprint density at radius 3 is 2.94 bits per heavy atom. The van der Waals surface area contributed by atoms with Crippen LogP contribution in [0, 0.1) is 0 Å². The Hall–Kier alpha value is -1.75. The van der Waals surface area contributed by atoms with Crippen molar-refractivity contribution in [3.05, 3.63) is 24.3 Å². The van der Waals surface area contributed by atoms with Crippen molar-refractivity contribution in [2.24, 2.45) is 0 Å². The van der Waals surface area contributed by atoms with Gasteiger partial charge in [0.2, 0.25) is 0 Å². The minimum absolute atomic E-state index is 0.0742. The van der Waals surface area contributed by atoms with E-state index < -0.39 is 0 Å². The molecule has 1 aliphatic heterocycles.